The molecule has 0 aliphatic rings. The lowest BCUT2D eigenvalue weighted by molar-refractivity contribution is 0.258. The van der Waals surface area contributed by atoms with Crippen LogP contribution in [-0.4, -0.2) is 29.8 Å². The van der Waals surface area contributed by atoms with E-state index >= 15 is 0 Å². The number of aliphatic hydroxyl groups is 1. The van der Waals surface area contributed by atoms with Crippen LogP contribution >= 0.6 is 23.2 Å². The van der Waals surface area contributed by atoms with E-state index in [0.717, 1.165) is 32.4 Å². The first-order chi connectivity index (χ1) is 9.62. The molecule has 0 aliphatic carbocycles. The Morgan fingerprint density at radius 1 is 1.20 bits per heavy atom. The number of hydrogen-bond donors (Lipinski definition) is 3. The van der Waals surface area contributed by atoms with Gasteiger partial charge in [0.25, 0.3) is 0 Å². The van der Waals surface area contributed by atoms with Crippen LogP contribution in [-0.2, 0) is 0 Å². The zero-order chi connectivity index (χ0) is 15.0. The van der Waals surface area contributed by atoms with Gasteiger partial charge in [0.15, 0.2) is 0 Å². The van der Waals surface area contributed by atoms with E-state index in [1.54, 1.807) is 6.07 Å². The van der Waals surface area contributed by atoms with Crippen LogP contribution in [0.15, 0.2) is 6.07 Å². The minimum Gasteiger partial charge on any atom is -0.396 e. The second-order valence-corrected chi connectivity index (χ2v) is 5.56. The van der Waals surface area contributed by atoms with Crippen LogP contribution in [0, 0.1) is 5.92 Å². The zero-order valence-corrected chi connectivity index (χ0v) is 13.6. The summed E-state index contributed by atoms with van der Waals surface area (Å²) >= 11 is 12.3. The summed E-state index contributed by atoms with van der Waals surface area (Å²) in [4.78, 5) is 4.43. The molecule has 0 aromatic carbocycles. The van der Waals surface area contributed by atoms with Crippen molar-refractivity contribution in [2.45, 2.75) is 33.1 Å². The molecule has 1 aromatic heterocycles. The highest BCUT2D eigenvalue weighted by Crippen LogP contribution is 2.29. The van der Waals surface area contributed by atoms with E-state index in [-0.39, 0.29) is 6.61 Å². The van der Waals surface area contributed by atoms with Crippen LogP contribution in [0.4, 0.5) is 11.6 Å². The van der Waals surface area contributed by atoms with Crippen molar-refractivity contribution in [2.75, 3.05) is 30.3 Å². The minimum absolute atomic E-state index is 0.200. The largest absolute Gasteiger partial charge is 0.396 e. The fraction of sp³-hybridized carbons (Fsp3) is 0.643. The molecule has 20 heavy (non-hydrogen) atoms. The molecule has 3 N–H and O–H groups in total. The standard InChI is InChI=1S/C14H23Cl2N3O/c1-3-6-17-13-11(15)8-12(16)14(19-13)18-9-10(4-2)5-7-20/h8,10,20H,3-7,9H2,1-2H3,(H2,17,18,19). The predicted molar refractivity (Wildman–Crippen MR) is 87.0 cm³/mol. The number of nitrogens with one attached hydrogen (secondary N) is 2. The third-order valence-electron chi connectivity index (χ3n) is 3.14. The molecule has 1 rings (SSSR count). The Bertz CT molecular complexity index is 416. The van der Waals surface area contributed by atoms with E-state index in [1.165, 1.54) is 0 Å². The Kier molecular flexibility index (Phi) is 8.04. The van der Waals surface area contributed by atoms with Gasteiger partial charge in [-0.3, -0.25) is 0 Å². The van der Waals surface area contributed by atoms with Gasteiger partial charge < -0.3 is 15.7 Å². The SMILES string of the molecule is CCCNc1nc(NCC(CC)CCO)c(Cl)cc1Cl. The molecule has 114 valence electrons. The minimum atomic E-state index is 0.200. The number of nitrogens with zero attached hydrogens (tertiary/aromatic N) is 1. The van der Waals surface area contributed by atoms with Gasteiger partial charge in [0, 0.05) is 19.7 Å². The summed E-state index contributed by atoms with van der Waals surface area (Å²) in [5.41, 5.74) is 0. The summed E-state index contributed by atoms with van der Waals surface area (Å²) in [6.45, 7) is 5.93. The highest BCUT2D eigenvalue weighted by molar-refractivity contribution is 6.37. The molecule has 0 aliphatic heterocycles. The molecule has 0 fully saturated rings. The Morgan fingerprint density at radius 3 is 2.40 bits per heavy atom. The van der Waals surface area contributed by atoms with Gasteiger partial charge >= 0.3 is 0 Å². The van der Waals surface area contributed by atoms with Crippen LogP contribution in [0.2, 0.25) is 10.0 Å². The fourth-order valence-electron chi connectivity index (χ4n) is 1.83. The first-order valence-corrected chi connectivity index (χ1v) is 7.82. The van der Waals surface area contributed by atoms with Crippen molar-refractivity contribution in [3.05, 3.63) is 16.1 Å². The van der Waals surface area contributed by atoms with Crippen molar-refractivity contribution >= 4 is 34.8 Å². The van der Waals surface area contributed by atoms with Crippen LogP contribution in [0.25, 0.3) is 0 Å². The molecule has 0 radical (unpaired) electrons. The molecule has 0 saturated carbocycles. The van der Waals surface area contributed by atoms with Gasteiger partial charge in [0.1, 0.15) is 11.6 Å². The topological polar surface area (TPSA) is 57.2 Å². The molecule has 4 nitrogen and oxygen atoms in total. The predicted octanol–water partition coefficient (Wildman–Crippen LogP) is 4.03. The smallest absolute Gasteiger partial charge is 0.147 e. The van der Waals surface area contributed by atoms with Gasteiger partial charge in [-0.2, -0.15) is 0 Å². The van der Waals surface area contributed by atoms with Crippen LogP contribution in [0.3, 0.4) is 0 Å². The fourth-order valence-corrected chi connectivity index (χ4v) is 2.32. The van der Waals surface area contributed by atoms with Crippen molar-refractivity contribution in [1.82, 2.24) is 4.98 Å². The Balaban J connectivity index is 2.73. The third-order valence-corrected chi connectivity index (χ3v) is 3.72. The van der Waals surface area contributed by atoms with Crippen molar-refractivity contribution < 1.29 is 5.11 Å². The van der Waals surface area contributed by atoms with Crippen LogP contribution in [0.5, 0.6) is 0 Å². The monoisotopic (exact) mass is 319 g/mol. The highest BCUT2D eigenvalue weighted by atomic mass is 35.5. The van der Waals surface area contributed by atoms with Gasteiger partial charge in [-0.15, -0.1) is 0 Å². The quantitative estimate of drug-likeness (QED) is 0.643. The van der Waals surface area contributed by atoms with Gasteiger partial charge in [0.05, 0.1) is 10.0 Å². The lowest BCUT2D eigenvalue weighted by atomic mass is 10.0. The number of aliphatic hydroxyl groups excluding tert-OH is 1. The lowest BCUT2D eigenvalue weighted by Crippen LogP contribution is -2.16. The molecule has 0 spiro atoms. The Morgan fingerprint density at radius 2 is 1.85 bits per heavy atom. The van der Waals surface area contributed by atoms with Crippen molar-refractivity contribution in [1.29, 1.82) is 0 Å². The Labute approximate surface area is 130 Å². The van der Waals surface area contributed by atoms with E-state index in [2.05, 4.69) is 29.5 Å². The van der Waals surface area contributed by atoms with E-state index < -0.39 is 0 Å². The van der Waals surface area contributed by atoms with E-state index in [9.17, 15) is 0 Å². The molecule has 6 heteroatoms. The third kappa shape index (κ3) is 5.35. The van der Waals surface area contributed by atoms with Gasteiger partial charge in [0.2, 0.25) is 0 Å². The molecule has 0 bridgehead atoms. The van der Waals surface area contributed by atoms with Crippen LogP contribution < -0.4 is 10.6 Å². The number of rotatable bonds is 9. The normalized spacial score (nSPS) is 12.2. The average Bonchev–Trinajstić information content (AvgIpc) is 2.43. The summed E-state index contributed by atoms with van der Waals surface area (Å²) in [6, 6.07) is 1.70. The second-order valence-electron chi connectivity index (χ2n) is 4.74. The summed E-state index contributed by atoms with van der Waals surface area (Å²) in [7, 11) is 0. The van der Waals surface area contributed by atoms with Crippen molar-refractivity contribution in [3.63, 3.8) is 0 Å². The summed E-state index contributed by atoms with van der Waals surface area (Å²) in [5.74, 6) is 1.68. The van der Waals surface area contributed by atoms with E-state index in [1.807, 2.05) is 0 Å². The number of hydrogen-bond acceptors (Lipinski definition) is 4. The molecular formula is C14H23Cl2N3O. The first kappa shape index (κ1) is 17.3. The molecule has 1 unspecified atom stereocenters. The number of halogens is 2. The summed E-state index contributed by atoms with van der Waals surface area (Å²) in [6.07, 6.45) is 2.77. The average molecular weight is 320 g/mol. The van der Waals surface area contributed by atoms with E-state index in [0.29, 0.717) is 27.6 Å². The molecule has 1 aromatic rings. The maximum absolute atomic E-state index is 9.00. The van der Waals surface area contributed by atoms with Gasteiger partial charge in [-0.05, 0) is 24.8 Å². The number of pyridine rings is 1. The van der Waals surface area contributed by atoms with Crippen LogP contribution in [0.1, 0.15) is 33.1 Å². The van der Waals surface area contributed by atoms with Crippen molar-refractivity contribution in [2.24, 2.45) is 5.92 Å². The molecule has 0 saturated heterocycles. The number of anilines is 2. The van der Waals surface area contributed by atoms with E-state index in [4.69, 9.17) is 28.3 Å². The summed E-state index contributed by atoms with van der Waals surface area (Å²) in [5, 5.41) is 16.5. The first-order valence-electron chi connectivity index (χ1n) is 7.06. The zero-order valence-electron chi connectivity index (χ0n) is 12.0. The maximum atomic E-state index is 9.00. The Hall–Kier alpha value is -0.710. The maximum Gasteiger partial charge on any atom is 0.147 e. The molecule has 0 amide bonds. The highest BCUT2D eigenvalue weighted by Gasteiger charge is 2.11. The van der Waals surface area contributed by atoms with Crippen molar-refractivity contribution in [3.8, 4) is 0 Å². The van der Waals surface area contributed by atoms with Gasteiger partial charge in [-0.1, -0.05) is 43.5 Å². The number of aromatic nitrogens is 1. The lowest BCUT2D eigenvalue weighted by Gasteiger charge is -2.16. The van der Waals surface area contributed by atoms with Gasteiger partial charge in [-0.25, -0.2) is 4.98 Å². The summed E-state index contributed by atoms with van der Waals surface area (Å²) < 4.78 is 0. The second kappa shape index (κ2) is 9.27. The molecular weight excluding hydrogens is 297 g/mol. The molecule has 1 atom stereocenters. The molecule has 1 heterocycles.